The quantitative estimate of drug-likeness (QED) is 0.547. The van der Waals surface area contributed by atoms with E-state index < -0.39 is 0 Å². The second kappa shape index (κ2) is 9.08. The first-order chi connectivity index (χ1) is 14.6. The molecule has 8 nitrogen and oxygen atoms in total. The van der Waals surface area contributed by atoms with E-state index in [-0.39, 0.29) is 25.1 Å². The van der Waals surface area contributed by atoms with Gasteiger partial charge in [0.2, 0.25) is 12.7 Å². The van der Waals surface area contributed by atoms with E-state index in [0.717, 1.165) is 28.2 Å². The topological polar surface area (TPSA) is 95.7 Å². The Labute approximate surface area is 177 Å². The summed E-state index contributed by atoms with van der Waals surface area (Å²) >= 11 is 1.18. The summed E-state index contributed by atoms with van der Waals surface area (Å²) in [5, 5.41) is 11.1. The average molecular weight is 427 g/mol. The minimum absolute atomic E-state index is 0.135. The zero-order chi connectivity index (χ0) is 20.9. The molecule has 0 saturated heterocycles. The van der Waals surface area contributed by atoms with Crippen molar-refractivity contribution in [1.82, 2.24) is 15.5 Å². The number of rotatable bonds is 8. The van der Waals surface area contributed by atoms with Crippen molar-refractivity contribution in [3.63, 3.8) is 0 Å². The highest BCUT2D eigenvalue weighted by Crippen LogP contribution is 2.32. The third kappa shape index (κ3) is 5.04. The number of aryl methyl sites for hydroxylation is 2. The number of carbonyl (C=O) groups excluding carboxylic acids is 1. The molecule has 3 aromatic rings. The minimum Gasteiger partial charge on any atom is -0.484 e. The number of fused-ring (bicyclic) bond motifs is 1. The summed E-state index contributed by atoms with van der Waals surface area (Å²) in [5.41, 5.74) is 3.08. The first-order valence-electron chi connectivity index (χ1n) is 9.37. The van der Waals surface area contributed by atoms with E-state index >= 15 is 0 Å². The zero-order valence-corrected chi connectivity index (χ0v) is 17.5. The van der Waals surface area contributed by atoms with Gasteiger partial charge >= 0.3 is 0 Å². The Balaban J connectivity index is 1.22. The number of thioether (sulfide) groups is 1. The van der Waals surface area contributed by atoms with Crippen LogP contribution in [0.2, 0.25) is 0 Å². The Bertz CT molecular complexity index is 1050. The highest BCUT2D eigenvalue weighted by molar-refractivity contribution is 7.99. The highest BCUT2D eigenvalue weighted by Gasteiger charge is 2.14. The summed E-state index contributed by atoms with van der Waals surface area (Å²) in [6.07, 6.45) is 0. The van der Waals surface area contributed by atoms with E-state index in [0.29, 0.717) is 23.4 Å². The van der Waals surface area contributed by atoms with Gasteiger partial charge in [0.1, 0.15) is 5.75 Å². The first kappa shape index (κ1) is 20.1. The van der Waals surface area contributed by atoms with E-state index in [2.05, 4.69) is 15.5 Å². The summed E-state index contributed by atoms with van der Waals surface area (Å²) in [4.78, 5) is 12.1. The van der Waals surface area contributed by atoms with Crippen LogP contribution in [-0.2, 0) is 17.9 Å². The van der Waals surface area contributed by atoms with Gasteiger partial charge in [0, 0.05) is 6.54 Å². The molecule has 0 bridgehead atoms. The number of nitrogens with one attached hydrogen (secondary N) is 1. The van der Waals surface area contributed by atoms with Gasteiger partial charge in [-0.2, -0.15) is 0 Å². The number of benzene rings is 2. The second-order valence-electron chi connectivity index (χ2n) is 6.77. The monoisotopic (exact) mass is 427 g/mol. The molecule has 156 valence electrons. The van der Waals surface area contributed by atoms with Crippen molar-refractivity contribution in [2.24, 2.45) is 0 Å². The van der Waals surface area contributed by atoms with Crippen LogP contribution < -0.4 is 19.5 Å². The van der Waals surface area contributed by atoms with Crippen molar-refractivity contribution >= 4 is 17.7 Å². The predicted octanol–water partition coefficient (Wildman–Crippen LogP) is 3.40. The summed E-state index contributed by atoms with van der Waals surface area (Å²) in [6, 6.07) is 11.6. The fraction of sp³-hybridized carbons (Fsp3) is 0.286. The SMILES string of the molecule is Cc1ccc(C)c(OCc2nnc(SCC(=O)NCc3ccc4c(c3)OCO4)o2)c1. The lowest BCUT2D eigenvalue weighted by molar-refractivity contribution is -0.118. The Kier molecular flexibility index (Phi) is 6.08. The maximum atomic E-state index is 12.1. The standard InChI is InChI=1S/C21H21N3O5S/c1-13-3-4-14(2)17(7-13)26-10-20-23-24-21(29-20)30-11-19(25)22-9-15-5-6-16-18(8-15)28-12-27-16/h3-8H,9-12H2,1-2H3,(H,22,25). The van der Waals surface area contributed by atoms with Crippen molar-refractivity contribution in [3.8, 4) is 17.2 Å². The lowest BCUT2D eigenvalue weighted by atomic mass is 10.1. The van der Waals surface area contributed by atoms with Gasteiger partial charge in [0.15, 0.2) is 18.1 Å². The molecule has 1 amide bonds. The highest BCUT2D eigenvalue weighted by atomic mass is 32.2. The molecule has 1 aromatic heterocycles. The molecule has 0 unspecified atom stereocenters. The summed E-state index contributed by atoms with van der Waals surface area (Å²) in [6.45, 7) is 4.78. The molecule has 0 spiro atoms. The van der Waals surface area contributed by atoms with Crippen LogP contribution in [-0.4, -0.2) is 28.7 Å². The average Bonchev–Trinajstić information content (AvgIpc) is 3.40. The maximum absolute atomic E-state index is 12.1. The summed E-state index contributed by atoms with van der Waals surface area (Å²) in [5.74, 6) is 2.59. The molecule has 0 radical (unpaired) electrons. The van der Waals surface area contributed by atoms with Crippen LogP contribution in [0.15, 0.2) is 46.0 Å². The molecular weight excluding hydrogens is 406 g/mol. The first-order valence-corrected chi connectivity index (χ1v) is 10.4. The lowest BCUT2D eigenvalue weighted by Gasteiger charge is -2.07. The van der Waals surface area contributed by atoms with Gasteiger partial charge in [-0.15, -0.1) is 10.2 Å². The number of hydrogen-bond donors (Lipinski definition) is 1. The molecule has 1 aliphatic heterocycles. The van der Waals surface area contributed by atoms with Crippen LogP contribution in [0.1, 0.15) is 22.6 Å². The van der Waals surface area contributed by atoms with Crippen LogP contribution >= 0.6 is 11.8 Å². The molecule has 1 aliphatic rings. The number of ether oxygens (including phenoxy) is 3. The Morgan fingerprint density at radius 1 is 1.13 bits per heavy atom. The smallest absolute Gasteiger partial charge is 0.277 e. The molecule has 0 atom stereocenters. The summed E-state index contributed by atoms with van der Waals surface area (Å²) < 4.78 is 21.9. The van der Waals surface area contributed by atoms with Crippen LogP contribution in [0, 0.1) is 13.8 Å². The lowest BCUT2D eigenvalue weighted by Crippen LogP contribution is -2.24. The van der Waals surface area contributed by atoms with Crippen molar-refractivity contribution in [2.45, 2.75) is 32.2 Å². The third-order valence-corrected chi connectivity index (χ3v) is 5.21. The van der Waals surface area contributed by atoms with Crippen molar-refractivity contribution in [1.29, 1.82) is 0 Å². The van der Waals surface area contributed by atoms with E-state index in [1.54, 1.807) is 0 Å². The Hall–Kier alpha value is -3.20. The molecule has 2 aromatic carbocycles. The van der Waals surface area contributed by atoms with E-state index in [4.69, 9.17) is 18.6 Å². The van der Waals surface area contributed by atoms with Crippen molar-refractivity contribution < 1.29 is 23.4 Å². The Morgan fingerprint density at radius 3 is 2.90 bits per heavy atom. The fourth-order valence-corrected chi connectivity index (χ4v) is 3.40. The van der Waals surface area contributed by atoms with Crippen molar-refractivity contribution in [3.05, 3.63) is 59.0 Å². The van der Waals surface area contributed by atoms with Crippen LogP contribution in [0.3, 0.4) is 0 Å². The van der Waals surface area contributed by atoms with Gasteiger partial charge in [0.25, 0.3) is 11.1 Å². The molecule has 2 heterocycles. The number of amides is 1. The molecule has 1 N–H and O–H groups in total. The van der Waals surface area contributed by atoms with Gasteiger partial charge in [-0.1, -0.05) is 30.0 Å². The molecule has 4 rings (SSSR count). The van der Waals surface area contributed by atoms with Gasteiger partial charge in [-0.25, -0.2) is 0 Å². The second-order valence-corrected chi connectivity index (χ2v) is 7.70. The molecule has 0 fully saturated rings. The minimum atomic E-state index is -0.135. The molecule has 0 aliphatic carbocycles. The number of hydrogen-bond acceptors (Lipinski definition) is 8. The Morgan fingerprint density at radius 2 is 2.00 bits per heavy atom. The van der Waals surface area contributed by atoms with E-state index in [9.17, 15) is 4.79 Å². The maximum Gasteiger partial charge on any atom is 0.277 e. The molecular formula is C21H21N3O5S. The fourth-order valence-electron chi connectivity index (χ4n) is 2.79. The van der Waals surface area contributed by atoms with Gasteiger partial charge < -0.3 is 23.9 Å². The molecule has 0 saturated carbocycles. The largest absolute Gasteiger partial charge is 0.484 e. The summed E-state index contributed by atoms with van der Waals surface area (Å²) in [7, 11) is 0. The van der Waals surface area contributed by atoms with E-state index in [1.165, 1.54) is 11.8 Å². The van der Waals surface area contributed by atoms with Gasteiger partial charge in [0.05, 0.1) is 5.75 Å². The zero-order valence-electron chi connectivity index (χ0n) is 16.6. The molecule has 30 heavy (non-hydrogen) atoms. The van der Waals surface area contributed by atoms with Gasteiger partial charge in [-0.05, 0) is 48.7 Å². The van der Waals surface area contributed by atoms with Crippen LogP contribution in [0.4, 0.5) is 0 Å². The third-order valence-electron chi connectivity index (χ3n) is 4.40. The normalized spacial score (nSPS) is 12.1. The predicted molar refractivity (Wildman–Crippen MR) is 110 cm³/mol. The van der Waals surface area contributed by atoms with Crippen LogP contribution in [0.5, 0.6) is 17.2 Å². The number of nitrogens with zero attached hydrogens (tertiary/aromatic N) is 2. The number of carbonyl (C=O) groups is 1. The van der Waals surface area contributed by atoms with Gasteiger partial charge in [-0.3, -0.25) is 4.79 Å². The number of aromatic nitrogens is 2. The van der Waals surface area contributed by atoms with Crippen LogP contribution in [0.25, 0.3) is 0 Å². The van der Waals surface area contributed by atoms with E-state index in [1.807, 2.05) is 50.2 Å². The molecule has 9 heteroatoms. The van der Waals surface area contributed by atoms with Crippen molar-refractivity contribution in [2.75, 3.05) is 12.5 Å².